The van der Waals surface area contributed by atoms with Crippen molar-refractivity contribution in [3.05, 3.63) is 63.7 Å². The summed E-state index contributed by atoms with van der Waals surface area (Å²) in [6, 6.07) is 8.79. The Kier molecular flexibility index (Phi) is 7.13. The maximum atomic E-state index is 13.7. The van der Waals surface area contributed by atoms with Crippen LogP contribution in [-0.2, 0) is 17.5 Å². The van der Waals surface area contributed by atoms with Gasteiger partial charge in [-0.25, -0.2) is 4.79 Å². The van der Waals surface area contributed by atoms with Gasteiger partial charge in [-0.2, -0.15) is 13.2 Å². The molecule has 0 saturated heterocycles. The lowest BCUT2D eigenvalue weighted by atomic mass is 9.95. The predicted octanol–water partition coefficient (Wildman–Crippen LogP) is 7.00. The van der Waals surface area contributed by atoms with Gasteiger partial charge in [0.2, 0.25) is 0 Å². The minimum Gasteiger partial charge on any atom is -0.443 e. The average molecular weight is 463 g/mol. The molecule has 180 valence electrons. The Morgan fingerprint density at radius 2 is 1.70 bits per heavy atom. The molecule has 1 N–H and O–H groups in total. The van der Waals surface area contributed by atoms with Crippen LogP contribution < -0.4 is 10.2 Å². The summed E-state index contributed by atoms with van der Waals surface area (Å²) < 4.78 is 46.7. The number of halogens is 3. The summed E-state index contributed by atoms with van der Waals surface area (Å²) in [6.45, 7) is 11.7. The third-order valence-corrected chi connectivity index (χ3v) is 5.67. The van der Waals surface area contributed by atoms with Gasteiger partial charge in [-0.1, -0.05) is 35.4 Å². The van der Waals surface area contributed by atoms with Crippen molar-refractivity contribution < 1.29 is 22.7 Å². The van der Waals surface area contributed by atoms with Gasteiger partial charge in [-0.05, 0) is 77.1 Å². The van der Waals surface area contributed by atoms with Gasteiger partial charge >= 0.3 is 12.3 Å². The molecule has 2 aromatic carbocycles. The first-order valence-electron chi connectivity index (χ1n) is 11.3. The molecule has 2 aromatic rings. The first-order chi connectivity index (χ1) is 15.2. The minimum absolute atomic E-state index is 0.144. The quantitative estimate of drug-likeness (QED) is 0.534. The Hall–Kier alpha value is -2.54. The third kappa shape index (κ3) is 6.28. The van der Waals surface area contributed by atoms with Crippen LogP contribution in [0.3, 0.4) is 0 Å². The van der Waals surface area contributed by atoms with Crippen molar-refractivity contribution in [1.29, 1.82) is 0 Å². The van der Waals surface area contributed by atoms with Crippen LogP contribution in [0.2, 0.25) is 0 Å². The second kappa shape index (κ2) is 9.37. The molecule has 0 bridgehead atoms. The minimum atomic E-state index is -4.51. The topological polar surface area (TPSA) is 41.6 Å². The number of carbonyl (C=O) groups excluding carboxylic acids is 1. The fourth-order valence-corrected chi connectivity index (χ4v) is 4.40. The molecular formula is C26H33F3N2O2. The highest BCUT2D eigenvalue weighted by Crippen LogP contribution is 2.41. The summed E-state index contributed by atoms with van der Waals surface area (Å²) in [5.41, 5.74) is 3.05. The highest BCUT2D eigenvalue weighted by atomic mass is 19.4. The zero-order valence-electron chi connectivity index (χ0n) is 20.2. The molecule has 1 heterocycles. The first-order valence-corrected chi connectivity index (χ1v) is 11.3. The number of ether oxygens (including phenoxy) is 1. The number of nitrogens with zero attached hydrogens (tertiary/aromatic N) is 1. The van der Waals surface area contributed by atoms with Crippen molar-refractivity contribution in [2.45, 2.75) is 78.7 Å². The number of nitrogens with one attached hydrogen (secondary N) is 1. The summed E-state index contributed by atoms with van der Waals surface area (Å²) in [5.74, 6) is 0. The normalized spacial score (nSPS) is 16.9. The summed E-state index contributed by atoms with van der Waals surface area (Å²) in [5, 5.41) is 3.52. The van der Waals surface area contributed by atoms with Crippen LogP contribution >= 0.6 is 0 Å². The number of benzene rings is 2. The molecule has 3 rings (SSSR count). The number of fused-ring (bicyclic) bond motifs is 1. The molecule has 0 fully saturated rings. The molecule has 1 aliphatic heterocycles. The van der Waals surface area contributed by atoms with Gasteiger partial charge in [0.25, 0.3) is 0 Å². The average Bonchev–Trinajstić information content (AvgIpc) is 2.82. The maximum Gasteiger partial charge on any atom is 0.416 e. The van der Waals surface area contributed by atoms with E-state index in [9.17, 15) is 18.0 Å². The number of aryl methyl sites for hydroxylation is 3. The van der Waals surface area contributed by atoms with Gasteiger partial charge in [0.05, 0.1) is 11.3 Å². The summed E-state index contributed by atoms with van der Waals surface area (Å²) in [7, 11) is 0. The lowest BCUT2D eigenvalue weighted by Crippen LogP contribution is -2.37. The molecule has 4 nitrogen and oxygen atoms in total. The van der Waals surface area contributed by atoms with Crippen LogP contribution in [0, 0.1) is 20.8 Å². The van der Waals surface area contributed by atoms with Gasteiger partial charge in [0, 0.05) is 19.1 Å². The van der Waals surface area contributed by atoms with E-state index in [1.165, 1.54) is 11.8 Å². The van der Waals surface area contributed by atoms with Gasteiger partial charge in [0.1, 0.15) is 5.60 Å². The lowest BCUT2D eigenvalue weighted by Gasteiger charge is -2.29. The van der Waals surface area contributed by atoms with Crippen molar-refractivity contribution in [3.63, 3.8) is 0 Å². The van der Waals surface area contributed by atoms with E-state index in [0.717, 1.165) is 22.8 Å². The van der Waals surface area contributed by atoms with Gasteiger partial charge < -0.3 is 10.1 Å². The molecule has 0 unspecified atom stereocenters. The number of anilines is 1. The zero-order valence-corrected chi connectivity index (χ0v) is 20.2. The van der Waals surface area contributed by atoms with E-state index in [4.69, 9.17) is 4.74 Å². The van der Waals surface area contributed by atoms with Crippen molar-refractivity contribution in [1.82, 2.24) is 5.32 Å². The van der Waals surface area contributed by atoms with Crippen LogP contribution in [0.25, 0.3) is 0 Å². The molecule has 0 aromatic heterocycles. The van der Waals surface area contributed by atoms with Crippen LogP contribution in [0.4, 0.5) is 23.7 Å². The monoisotopic (exact) mass is 462 g/mol. The van der Waals surface area contributed by atoms with Crippen molar-refractivity contribution >= 4 is 11.8 Å². The standard InChI is InChI=1S/C26H33F3N2O2/c1-16-10-17(2)12-19(11-16)15-30-22-8-7-9-31(24(32)33-25(4,5)6)23-14-21(26(27,28)29)18(3)13-20(22)23/h10-14,22,30H,7-9,15H2,1-6H3/t22-/m0/s1. The second-order valence-electron chi connectivity index (χ2n) is 9.93. The fourth-order valence-electron chi connectivity index (χ4n) is 4.40. The van der Waals surface area contributed by atoms with Crippen molar-refractivity contribution in [3.8, 4) is 0 Å². The molecule has 33 heavy (non-hydrogen) atoms. The van der Waals surface area contributed by atoms with Crippen LogP contribution in [0.1, 0.15) is 73.0 Å². The van der Waals surface area contributed by atoms with E-state index in [1.807, 2.05) is 13.8 Å². The number of hydrogen-bond acceptors (Lipinski definition) is 3. The Bertz CT molecular complexity index is 1010. The van der Waals surface area contributed by atoms with E-state index in [-0.39, 0.29) is 17.3 Å². The Balaban J connectivity index is 2.00. The number of rotatable bonds is 3. The molecule has 0 spiro atoms. The SMILES string of the molecule is Cc1cc(C)cc(CN[C@H]2CCCN(C(=O)OC(C)(C)C)c3cc(C(F)(F)F)c(C)cc32)c1. The molecule has 1 aliphatic rings. The second-order valence-corrected chi connectivity index (χ2v) is 9.93. The maximum absolute atomic E-state index is 13.7. The molecular weight excluding hydrogens is 429 g/mol. The van der Waals surface area contributed by atoms with E-state index in [2.05, 4.69) is 23.5 Å². The molecule has 7 heteroatoms. The summed E-state index contributed by atoms with van der Waals surface area (Å²) >= 11 is 0. The Labute approximate surface area is 194 Å². The Morgan fingerprint density at radius 1 is 1.06 bits per heavy atom. The fraction of sp³-hybridized carbons (Fsp3) is 0.500. The zero-order chi connectivity index (χ0) is 24.6. The number of amides is 1. The largest absolute Gasteiger partial charge is 0.443 e. The van der Waals surface area contributed by atoms with Gasteiger partial charge in [-0.3, -0.25) is 4.90 Å². The first kappa shape index (κ1) is 25.1. The van der Waals surface area contributed by atoms with Crippen LogP contribution in [0.15, 0.2) is 30.3 Å². The number of carbonyl (C=O) groups is 1. The summed E-state index contributed by atoms with van der Waals surface area (Å²) in [4.78, 5) is 14.3. The van der Waals surface area contributed by atoms with E-state index in [0.29, 0.717) is 31.5 Å². The third-order valence-electron chi connectivity index (χ3n) is 5.67. The van der Waals surface area contributed by atoms with Crippen molar-refractivity contribution in [2.75, 3.05) is 11.4 Å². The number of alkyl halides is 3. The van der Waals surface area contributed by atoms with E-state index < -0.39 is 23.4 Å². The van der Waals surface area contributed by atoms with Crippen molar-refractivity contribution in [2.24, 2.45) is 0 Å². The molecule has 0 saturated carbocycles. The Morgan fingerprint density at radius 3 is 2.27 bits per heavy atom. The molecule has 1 amide bonds. The van der Waals surface area contributed by atoms with E-state index in [1.54, 1.807) is 26.8 Å². The highest BCUT2D eigenvalue weighted by Gasteiger charge is 2.37. The van der Waals surface area contributed by atoms with Gasteiger partial charge in [0.15, 0.2) is 0 Å². The highest BCUT2D eigenvalue weighted by molar-refractivity contribution is 5.89. The van der Waals surface area contributed by atoms with E-state index >= 15 is 0 Å². The molecule has 0 aliphatic carbocycles. The predicted molar refractivity (Wildman–Crippen MR) is 124 cm³/mol. The smallest absolute Gasteiger partial charge is 0.416 e. The lowest BCUT2D eigenvalue weighted by molar-refractivity contribution is -0.138. The number of hydrogen-bond donors (Lipinski definition) is 1. The molecule has 0 radical (unpaired) electrons. The van der Waals surface area contributed by atoms with Crippen LogP contribution in [0.5, 0.6) is 0 Å². The summed E-state index contributed by atoms with van der Waals surface area (Å²) in [6.07, 6.45) is -3.80. The van der Waals surface area contributed by atoms with Crippen LogP contribution in [-0.4, -0.2) is 18.2 Å². The van der Waals surface area contributed by atoms with Gasteiger partial charge in [-0.15, -0.1) is 0 Å². The molecule has 1 atom stereocenters.